The fourth-order valence-corrected chi connectivity index (χ4v) is 1.31. The molecule has 5 nitrogen and oxygen atoms in total. The van der Waals surface area contributed by atoms with Gasteiger partial charge >= 0.3 is 5.76 Å². The molecule has 0 aliphatic rings. The number of benzene rings is 1. The summed E-state index contributed by atoms with van der Waals surface area (Å²) in [4.78, 5) is 22.3. The molecule has 1 N–H and O–H groups in total. The highest BCUT2D eigenvalue weighted by Gasteiger charge is 2.12. The normalized spacial score (nSPS) is 10.6. The quantitative estimate of drug-likeness (QED) is 0.676. The Labute approximate surface area is 78.2 Å². The first kappa shape index (κ1) is 8.55. The highest BCUT2D eigenvalue weighted by molar-refractivity contribution is 5.88. The van der Waals surface area contributed by atoms with E-state index in [1.54, 1.807) is 0 Å². The van der Waals surface area contributed by atoms with E-state index in [9.17, 15) is 9.59 Å². The van der Waals surface area contributed by atoms with Gasteiger partial charge in [-0.05, 0) is 12.1 Å². The summed E-state index contributed by atoms with van der Waals surface area (Å²) in [6, 6.07) is 4.13. The molecule has 0 radical (unpaired) electrons. The monoisotopic (exact) mass is 193 g/mol. The van der Waals surface area contributed by atoms with Gasteiger partial charge in [0.05, 0.1) is 5.52 Å². The van der Waals surface area contributed by atoms with E-state index >= 15 is 0 Å². The number of aromatic hydroxyl groups is 1. The number of phenols is 1. The number of aromatic nitrogens is 1. The van der Waals surface area contributed by atoms with Crippen LogP contribution in [0, 0.1) is 0 Å². The maximum Gasteiger partial charge on any atom is 0.426 e. The van der Waals surface area contributed by atoms with Gasteiger partial charge in [-0.3, -0.25) is 4.79 Å². The highest BCUT2D eigenvalue weighted by atomic mass is 16.4. The predicted octanol–water partition coefficient (Wildman–Crippen LogP) is 0.960. The fourth-order valence-electron chi connectivity index (χ4n) is 1.31. The van der Waals surface area contributed by atoms with Crippen molar-refractivity contribution in [2.45, 2.75) is 6.92 Å². The lowest BCUT2D eigenvalue weighted by Crippen LogP contribution is -2.19. The van der Waals surface area contributed by atoms with Gasteiger partial charge in [-0.2, -0.15) is 0 Å². The summed E-state index contributed by atoms with van der Waals surface area (Å²) in [5.74, 6) is -1.17. The Morgan fingerprint density at radius 1 is 1.50 bits per heavy atom. The van der Waals surface area contributed by atoms with Crippen LogP contribution in [0.4, 0.5) is 0 Å². The van der Waals surface area contributed by atoms with E-state index in [-0.39, 0.29) is 11.3 Å². The lowest BCUT2D eigenvalue weighted by Gasteiger charge is -1.94. The van der Waals surface area contributed by atoms with Crippen LogP contribution in [0.3, 0.4) is 0 Å². The molecule has 2 aromatic rings. The summed E-state index contributed by atoms with van der Waals surface area (Å²) in [5, 5.41) is 9.11. The SMILES string of the molecule is CC(=O)n1c(=O)oc2cc(O)ccc21. The third-order valence-electron chi connectivity index (χ3n) is 1.88. The number of carbonyl (C=O) groups is 1. The molecule has 0 spiro atoms. The van der Waals surface area contributed by atoms with Crippen molar-refractivity contribution in [1.82, 2.24) is 4.57 Å². The van der Waals surface area contributed by atoms with Crippen molar-refractivity contribution in [2.24, 2.45) is 0 Å². The Bertz CT molecular complexity index is 564. The van der Waals surface area contributed by atoms with E-state index in [1.165, 1.54) is 25.1 Å². The second-order valence-corrected chi connectivity index (χ2v) is 2.87. The van der Waals surface area contributed by atoms with Gasteiger partial charge in [0.1, 0.15) is 5.75 Å². The van der Waals surface area contributed by atoms with Crippen molar-refractivity contribution >= 4 is 17.0 Å². The Morgan fingerprint density at radius 2 is 2.21 bits per heavy atom. The molecule has 0 aliphatic carbocycles. The van der Waals surface area contributed by atoms with Gasteiger partial charge in [-0.1, -0.05) is 0 Å². The maximum absolute atomic E-state index is 11.2. The summed E-state index contributed by atoms with van der Waals surface area (Å²) < 4.78 is 5.68. The Morgan fingerprint density at radius 3 is 2.86 bits per heavy atom. The Hall–Kier alpha value is -2.04. The number of hydrogen-bond donors (Lipinski definition) is 1. The summed E-state index contributed by atoms with van der Waals surface area (Å²) in [6.07, 6.45) is 0. The minimum atomic E-state index is -0.738. The minimum absolute atomic E-state index is 0.0121. The van der Waals surface area contributed by atoms with Gasteiger partial charge in [0.25, 0.3) is 0 Å². The van der Waals surface area contributed by atoms with Gasteiger partial charge < -0.3 is 9.52 Å². The standard InChI is InChI=1S/C9H7NO4/c1-5(11)10-7-3-2-6(12)4-8(7)14-9(10)13/h2-4,12H,1H3. The Kier molecular flexibility index (Phi) is 1.67. The maximum atomic E-state index is 11.2. The molecular formula is C9H7NO4. The summed E-state index contributed by atoms with van der Waals surface area (Å²) in [6.45, 7) is 1.27. The zero-order chi connectivity index (χ0) is 10.3. The predicted molar refractivity (Wildman–Crippen MR) is 48.4 cm³/mol. The van der Waals surface area contributed by atoms with Crippen LogP contribution in [-0.2, 0) is 0 Å². The molecule has 0 saturated carbocycles. The molecule has 5 heteroatoms. The fraction of sp³-hybridized carbons (Fsp3) is 0.111. The third kappa shape index (κ3) is 1.10. The van der Waals surface area contributed by atoms with Gasteiger partial charge in [0.2, 0.25) is 5.91 Å². The van der Waals surface area contributed by atoms with Crippen LogP contribution in [0.25, 0.3) is 11.1 Å². The topological polar surface area (TPSA) is 72.4 Å². The minimum Gasteiger partial charge on any atom is -0.508 e. The van der Waals surface area contributed by atoms with E-state index in [0.29, 0.717) is 5.52 Å². The average Bonchev–Trinajstić information content (AvgIpc) is 2.39. The van der Waals surface area contributed by atoms with Gasteiger partial charge in [-0.25, -0.2) is 9.36 Å². The van der Waals surface area contributed by atoms with Crippen molar-refractivity contribution < 1.29 is 14.3 Å². The molecule has 14 heavy (non-hydrogen) atoms. The molecule has 1 aromatic carbocycles. The number of phenolic OH excluding ortho intramolecular Hbond substituents is 1. The van der Waals surface area contributed by atoms with Crippen LogP contribution in [0.5, 0.6) is 5.75 Å². The second kappa shape index (κ2) is 2.73. The van der Waals surface area contributed by atoms with Crippen LogP contribution < -0.4 is 5.76 Å². The van der Waals surface area contributed by atoms with E-state index < -0.39 is 11.7 Å². The van der Waals surface area contributed by atoms with E-state index in [1.807, 2.05) is 0 Å². The third-order valence-corrected chi connectivity index (χ3v) is 1.88. The van der Waals surface area contributed by atoms with Crippen molar-refractivity contribution in [2.75, 3.05) is 0 Å². The molecule has 0 aliphatic heterocycles. The summed E-state index contributed by atoms with van der Waals surface area (Å²) in [5.41, 5.74) is 0.561. The van der Waals surface area contributed by atoms with Crippen LogP contribution in [-0.4, -0.2) is 15.6 Å². The lowest BCUT2D eigenvalue weighted by molar-refractivity contribution is 0.0933. The van der Waals surface area contributed by atoms with Crippen molar-refractivity contribution in [3.05, 3.63) is 28.7 Å². The molecule has 0 saturated heterocycles. The number of rotatable bonds is 0. The van der Waals surface area contributed by atoms with Crippen molar-refractivity contribution in [3.8, 4) is 5.75 Å². The van der Waals surface area contributed by atoms with Gasteiger partial charge in [0.15, 0.2) is 5.58 Å². The first-order valence-corrected chi connectivity index (χ1v) is 3.95. The highest BCUT2D eigenvalue weighted by Crippen LogP contribution is 2.18. The van der Waals surface area contributed by atoms with Crippen molar-refractivity contribution in [3.63, 3.8) is 0 Å². The average molecular weight is 193 g/mol. The second-order valence-electron chi connectivity index (χ2n) is 2.87. The largest absolute Gasteiger partial charge is 0.508 e. The molecule has 0 amide bonds. The number of carbonyl (C=O) groups excluding carboxylic acids is 1. The van der Waals surface area contributed by atoms with E-state index in [0.717, 1.165) is 4.57 Å². The van der Waals surface area contributed by atoms with E-state index in [2.05, 4.69) is 0 Å². The van der Waals surface area contributed by atoms with Crippen molar-refractivity contribution in [1.29, 1.82) is 0 Å². The molecule has 0 fully saturated rings. The van der Waals surface area contributed by atoms with Gasteiger partial charge in [-0.15, -0.1) is 0 Å². The zero-order valence-corrected chi connectivity index (χ0v) is 7.35. The molecule has 72 valence electrons. The molecule has 1 heterocycles. The van der Waals surface area contributed by atoms with Crippen LogP contribution in [0.2, 0.25) is 0 Å². The number of nitrogens with zero attached hydrogens (tertiary/aromatic N) is 1. The lowest BCUT2D eigenvalue weighted by atomic mass is 10.3. The molecular weight excluding hydrogens is 186 g/mol. The number of fused-ring (bicyclic) bond motifs is 1. The van der Waals surface area contributed by atoms with E-state index in [4.69, 9.17) is 9.52 Å². The molecule has 0 unspecified atom stereocenters. The molecule has 1 aromatic heterocycles. The first-order chi connectivity index (χ1) is 6.59. The van der Waals surface area contributed by atoms with Crippen LogP contribution in [0.1, 0.15) is 11.7 Å². The summed E-state index contributed by atoms with van der Waals surface area (Å²) >= 11 is 0. The number of oxazole rings is 1. The first-order valence-electron chi connectivity index (χ1n) is 3.95. The Balaban J connectivity index is 2.91. The van der Waals surface area contributed by atoms with Crippen LogP contribution >= 0.6 is 0 Å². The smallest absolute Gasteiger partial charge is 0.426 e. The summed E-state index contributed by atoms with van der Waals surface area (Å²) in [7, 11) is 0. The van der Waals surface area contributed by atoms with Gasteiger partial charge in [0, 0.05) is 13.0 Å². The number of hydrogen-bond acceptors (Lipinski definition) is 4. The molecule has 2 rings (SSSR count). The molecule has 0 atom stereocenters. The van der Waals surface area contributed by atoms with Crippen LogP contribution in [0.15, 0.2) is 27.4 Å². The zero-order valence-electron chi connectivity index (χ0n) is 7.35. The molecule has 0 bridgehead atoms.